The van der Waals surface area contributed by atoms with Crippen molar-refractivity contribution >= 4 is 11.8 Å². The predicted molar refractivity (Wildman–Crippen MR) is 71.1 cm³/mol. The van der Waals surface area contributed by atoms with Gasteiger partial charge in [0.05, 0.1) is 6.61 Å². The summed E-state index contributed by atoms with van der Waals surface area (Å²) in [7, 11) is 0. The number of rotatable bonds is 6. The Morgan fingerprint density at radius 3 is 2.17 bits per heavy atom. The summed E-state index contributed by atoms with van der Waals surface area (Å²) >= 11 is 0. The molecule has 0 atom stereocenters. The third-order valence-electron chi connectivity index (χ3n) is 3.96. The van der Waals surface area contributed by atoms with Crippen molar-refractivity contribution in [1.82, 2.24) is 0 Å². The highest BCUT2D eigenvalue weighted by Crippen LogP contribution is 2.51. The van der Waals surface area contributed by atoms with Gasteiger partial charge in [0.1, 0.15) is 11.2 Å². The van der Waals surface area contributed by atoms with Gasteiger partial charge in [-0.05, 0) is 37.5 Å². The number of hydrogen-bond donors (Lipinski definition) is 0. The van der Waals surface area contributed by atoms with E-state index in [1.54, 1.807) is 6.92 Å². The lowest BCUT2D eigenvalue weighted by Crippen LogP contribution is -2.52. The maximum absolute atomic E-state index is 12.3. The lowest BCUT2D eigenvalue weighted by Gasteiger charge is -2.46. The summed E-state index contributed by atoms with van der Waals surface area (Å²) in [5.41, 5.74) is -0.824. The van der Waals surface area contributed by atoms with Crippen LogP contribution in [0.2, 0.25) is 0 Å². The first-order valence-electron chi connectivity index (χ1n) is 7.04. The summed E-state index contributed by atoms with van der Waals surface area (Å²) in [6.07, 6.45) is 1.83. The Morgan fingerprint density at radius 1 is 1.22 bits per heavy atom. The monoisotopic (exact) mass is 254 g/mol. The molecule has 0 aromatic carbocycles. The van der Waals surface area contributed by atoms with E-state index in [9.17, 15) is 9.59 Å². The van der Waals surface area contributed by atoms with Crippen molar-refractivity contribution in [3.05, 3.63) is 0 Å². The molecule has 104 valence electrons. The molecule has 3 nitrogen and oxygen atoms in total. The van der Waals surface area contributed by atoms with Gasteiger partial charge in [0.15, 0.2) is 0 Å². The molecule has 0 spiro atoms. The van der Waals surface area contributed by atoms with E-state index in [1.807, 2.05) is 13.8 Å². The molecule has 0 unspecified atom stereocenters. The molecule has 0 N–H and O–H groups in total. The fraction of sp³-hybridized carbons (Fsp3) is 0.867. The minimum absolute atomic E-state index is 0.0767. The van der Waals surface area contributed by atoms with Crippen LogP contribution >= 0.6 is 0 Å². The normalized spacial score (nSPS) is 27.2. The maximum Gasteiger partial charge on any atom is 0.319 e. The highest BCUT2D eigenvalue weighted by Gasteiger charge is 2.56. The summed E-state index contributed by atoms with van der Waals surface area (Å²) in [5.74, 6) is 1.08. The minimum atomic E-state index is -0.824. The van der Waals surface area contributed by atoms with E-state index < -0.39 is 5.41 Å². The van der Waals surface area contributed by atoms with Gasteiger partial charge < -0.3 is 4.74 Å². The maximum atomic E-state index is 12.3. The molecule has 1 aliphatic carbocycles. The number of esters is 1. The van der Waals surface area contributed by atoms with Crippen molar-refractivity contribution in [3.8, 4) is 0 Å². The summed E-state index contributed by atoms with van der Waals surface area (Å²) in [5, 5.41) is 0. The van der Waals surface area contributed by atoms with Crippen LogP contribution in [0.1, 0.15) is 53.9 Å². The zero-order valence-corrected chi connectivity index (χ0v) is 12.3. The van der Waals surface area contributed by atoms with Gasteiger partial charge in [0.2, 0.25) is 0 Å². The molecule has 1 aliphatic rings. The second-order valence-corrected chi connectivity index (χ2v) is 6.24. The molecular weight excluding hydrogens is 228 g/mol. The van der Waals surface area contributed by atoms with Crippen LogP contribution in [-0.2, 0) is 14.3 Å². The zero-order valence-electron chi connectivity index (χ0n) is 12.3. The highest BCUT2D eigenvalue weighted by molar-refractivity contribution is 6.04. The number of ether oxygens (including phenoxy) is 1. The van der Waals surface area contributed by atoms with Gasteiger partial charge in [-0.1, -0.05) is 27.7 Å². The smallest absolute Gasteiger partial charge is 0.319 e. The molecule has 1 saturated carbocycles. The molecule has 18 heavy (non-hydrogen) atoms. The van der Waals surface area contributed by atoms with Crippen molar-refractivity contribution in [3.63, 3.8) is 0 Å². The number of hydrogen-bond acceptors (Lipinski definition) is 3. The third-order valence-corrected chi connectivity index (χ3v) is 3.96. The van der Waals surface area contributed by atoms with E-state index in [1.165, 1.54) is 0 Å². The molecule has 1 fully saturated rings. The van der Waals surface area contributed by atoms with E-state index >= 15 is 0 Å². The molecular formula is C15H26O3. The van der Waals surface area contributed by atoms with Crippen LogP contribution < -0.4 is 0 Å². The SMILES string of the molecule is CCOC(=O)C1(C(=O)CC(C)C)CC(C(C)C)C1. The van der Waals surface area contributed by atoms with Gasteiger partial charge >= 0.3 is 5.97 Å². The van der Waals surface area contributed by atoms with E-state index in [2.05, 4.69) is 13.8 Å². The molecule has 0 aromatic heterocycles. The molecule has 1 rings (SSSR count). The van der Waals surface area contributed by atoms with Crippen molar-refractivity contribution < 1.29 is 14.3 Å². The van der Waals surface area contributed by atoms with Crippen molar-refractivity contribution in [1.29, 1.82) is 0 Å². The van der Waals surface area contributed by atoms with E-state index in [-0.39, 0.29) is 11.8 Å². The van der Waals surface area contributed by atoms with Crippen LogP contribution in [0.4, 0.5) is 0 Å². The first-order chi connectivity index (χ1) is 8.33. The number of carbonyl (C=O) groups is 2. The summed E-state index contributed by atoms with van der Waals surface area (Å²) in [6.45, 7) is 10.4. The molecule has 0 aliphatic heterocycles. The highest BCUT2D eigenvalue weighted by atomic mass is 16.5. The van der Waals surface area contributed by atoms with Gasteiger partial charge in [-0.15, -0.1) is 0 Å². The van der Waals surface area contributed by atoms with Crippen molar-refractivity contribution in [2.45, 2.75) is 53.9 Å². The Kier molecular flexibility index (Phi) is 4.94. The van der Waals surface area contributed by atoms with E-state index in [4.69, 9.17) is 4.74 Å². The third kappa shape index (κ3) is 2.93. The van der Waals surface area contributed by atoms with E-state index in [0.717, 1.165) is 0 Å². The number of Topliss-reactive ketones (excluding diaryl/α,β-unsaturated/α-hetero) is 1. The first kappa shape index (κ1) is 15.2. The van der Waals surface area contributed by atoms with Crippen molar-refractivity contribution in [2.75, 3.05) is 6.61 Å². The predicted octanol–water partition coefficient (Wildman–Crippen LogP) is 3.22. The quantitative estimate of drug-likeness (QED) is 0.540. The second-order valence-electron chi connectivity index (χ2n) is 6.24. The summed E-state index contributed by atoms with van der Waals surface area (Å²) < 4.78 is 5.12. The second kappa shape index (κ2) is 5.85. The summed E-state index contributed by atoms with van der Waals surface area (Å²) in [6, 6.07) is 0. The Bertz CT molecular complexity index is 312. The average Bonchev–Trinajstić information content (AvgIpc) is 2.14. The van der Waals surface area contributed by atoms with Crippen LogP contribution in [0.25, 0.3) is 0 Å². The van der Waals surface area contributed by atoms with Crippen LogP contribution in [0.15, 0.2) is 0 Å². The van der Waals surface area contributed by atoms with E-state index in [0.29, 0.717) is 43.6 Å². The number of ketones is 1. The van der Waals surface area contributed by atoms with Crippen LogP contribution in [0.5, 0.6) is 0 Å². The Morgan fingerprint density at radius 2 is 1.78 bits per heavy atom. The first-order valence-corrected chi connectivity index (χ1v) is 7.04. The molecule has 0 aromatic rings. The largest absolute Gasteiger partial charge is 0.465 e. The van der Waals surface area contributed by atoms with Crippen LogP contribution in [0.3, 0.4) is 0 Å². The lowest BCUT2D eigenvalue weighted by atomic mass is 9.56. The average molecular weight is 254 g/mol. The number of carbonyl (C=O) groups excluding carboxylic acids is 2. The Labute approximate surface area is 110 Å². The zero-order chi connectivity index (χ0) is 13.9. The standard InChI is InChI=1S/C15H26O3/c1-6-18-14(17)15(13(16)7-10(2)3)8-12(9-15)11(4)5/h10-12H,6-9H2,1-5H3. The molecule has 0 saturated heterocycles. The van der Waals surface area contributed by atoms with Gasteiger partial charge in [-0.2, -0.15) is 0 Å². The topological polar surface area (TPSA) is 43.4 Å². The van der Waals surface area contributed by atoms with Gasteiger partial charge in [-0.25, -0.2) is 0 Å². The fourth-order valence-corrected chi connectivity index (χ4v) is 2.65. The molecule has 0 radical (unpaired) electrons. The molecule has 3 heteroatoms. The summed E-state index contributed by atoms with van der Waals surface area (Å²) in [4.78, 5) is 24.4. The van der Waals surface area contributed by atoms with Crippen LogP contribution in [0, 0.1) is 23.2 Å². The molecule has 0 heterocycles. The van der Waals surface area contributed by atoms with Gasteiger partial charge in [-0.3, -0.25) is 9.59 Å². The molecule has 0 bridgehead atoms. The molecule has 0 amide bonds. The van der Waals surface area contributed by atoms with Crippen LogP contribution in [-0.4, -0.2) is 18.4 Å². The van der Waals surface area contributed by atoms with Gasteiger partial charge in [0.25, 0.3) is 0 Å². The lowest BCUT2D eigenvalue weighted by molar-refractivity contribution is -0.171. The minimum Gasteiger partial charge on any atom is -0.465 e. The Hall–Kier alpha value is -0.860. The van der Waals surface area contributed by atoms with Crippen molar-refractivity contribution in [2.24, 2.45) is 23.2 Å². The van der Waals surface area contributed by atoms with Gasteiger partial charge in [0, 0.05) is 6.42 Å². The fourth-order valence-electron chi connectivity index (χ4n) is 2.65. The Balaban J connectivity index is 2.78.